The highest BCUT2D eigenvalue weighted by Gasteiger charge is 2.22. The molecular weight excluding hydrogens is 262 g/mol. The molecule has 1 saturated heterocycles. The number of fused-ring (bicyclic) bond motifs is 1. The maximum atomic E-state index is 11.9. The Morgan fingerprint density at radius 3 is 3.16 bits per heavy atom. The second kappa shape index (κ2) is 5.69. The third kappa shape index (κ3) is 2.94. The van der Waals surface area contributed by atoms with E-state index in [2.05, 4.69) is 28.9 Å². The first-order valence-corrected chi connectivity index (χ1v) is 7.14. The zero-order chi connectivity index (χ0) is 13.1. The number of thiophene rings is 1. The third-order valence-electron chi connectivity index (χ3n) is 3.09. The summed E-state index contributed by atoms with van der Waals surface area (Å²) in [7, 11) is 0. The minimum Gasteiger partial charge on any atom is -0.376 e. The summed E-state index contributed by atoms with van der Waals surface area (Å²) in [6, 6.07) is 8.31. The molecule has 0 radical (unpaired) electrons. The Bertz CT molecular complexity index is 575. The van der Waals surface area contributed by atoms with Crippen molar-refractivity contribution < 1.29 is 14.3 Å². The van der Waals surface area contributed by atoms with Crippen LogP contribution in [0.25, 0.3) is 10.1 Å². The van der Waals surface area contributed by atoms with Crippen molar-refractivity contribution in [3.05, 3.63) is 35.2 Å². The lowest BCUT2D eigenvalue weighted by atomic mass is 10.1. The number of hydrogen-bond donors (Lipinski definition) is 1. The van der Waals surface area contributed by atoms with Gasteiger partial charge in [0.15, 0.2) is 6.10 Å². The van der Waals surface area contributed by atoms with Crippen LogP contribution >= 0.6 is 11.3 Å². The molecule has 0 spiro atoms. The van der Waals surface area contributed by atoms with E-state index in [1.54, 1.807) is 11.3 Å². The number of carbonyl (C=O) groups excluding carboxylic acids is 1. The minimum atomic E-state index is -0.473. The van der Waals surface area contributed by atoms with Gasteiger partial charge in [-0.2, -0.15) is 0 Å². The van der Waals surface area contributed by atoms with Gasteiger partial charge in [0.25, 0.3) is 5.91 Å². The maximum absolute atomic E-state index is 11.9. The highest BCUT2D eigenvalue weighted by Crippen LogP contribution is 2.21. The molecule has 0 unspecified atom stereocenters. The fraction of sp³-hybridized carbons (Fsp3) is 0.357. The van der Waals surface area contributed by atoms with Crippen molar-refractivity contribution in [2.75, 3.05) is 19.8 Å². The van der Waals surface area contributed by atoms with Gasteiger partial charge in [-0.15, -0.1) is 11.3 Å². The number of ether oxygens (including phenoxy) is 2. The Hall–Kier alpha value is -1.43. The molecule has 2 heterocycles. The normalized spacial score (nSPS) is 19.5. The summed E-state index contributed by atoms with van der Waals surface area (Å²) < 4.78 is 11.8. The van der Waals surface area contributed by atoms with Crippen molar-refractivity contribution in [1.82, 2.24) is 5.32 Å². The molecule has 1 aliphatic rings. The minimum absolute atomic E-state index is 0.106. The first kappa shape index (κ1) is 12.6. The zero-order valence-corrected chi connectivity index (χ0v) is 11.2. The molecule has 1 atom stereocenters. The van der Waals surface area contributed by atoms with Gasteiger partial charge in [-0.1, -0.05) is 6.07 Å². The number of nitrogens with one attached hydrogen (secondary N) is 1. The Labute approximate surface area is 115 Å². The first-order chi connectivity index (χ1) is 9.33. The van der Waals surface area contributed by atoms with Crippen LogP contribution in [0.4, 0.5) is 0 Å². The molecule has 1 amide bonds. The van der Waals surface area contributed by atoms with Crippen molar-refractivity contribution in [3.63, 3.8) is 0 Å². The van der Waals surface area contributed by atoms with Gasteiger partial charge < -0.3 is 14.8 Å². The van der Waals surface area contributed by atoms with E-state index in [0.29, 0.717) is 26.4 Å². The number of carbonyl (C=O) groups is 1. The lowest BCUT2D eigenvalue weighted by Gasteiger charge is -2.22. The Kier molecular flexibility index (Phi) is 3.77. The van der Waals surface area contributed by atoms with Crippen molar-refractivity contribution in [2.24, 2.45) is 0 Å². The van der Waals surface area contributed by atoms with Crippen LogP contribution in [0.3, 0.4) is 0 Å². The maximum Gasteiger partial charge on any atom is 0.251 e. The van der Waals surface area contributed by atoms with Crippen molar-refractivity contribution >= 4 is 27.3 Å². The molecule has 1 aromatic heterocycles. The summed E-state index contributed by atoms with van der Waals surface area (Å²) in [5.74, 6) is -0.106. The molecule has 5 heteroatoms. The molecule has 1 N–H and O–H groups in total. The lowest BCUT2D eigenvalue weighted by molar-refractivity contribution is -0.147. The SMILES string of the molecule is O=C(NCc1ccc2sccc2c1)[C@@H]1COCCO1. The summed E-state index contributed by atoms with van der Waals surface area (Å²) in [4.78, 5) is 11.9. The second-order valence-corrected chi connectivity index (χ2v) is 5.39. The van der Waals surface area contributed by atoms with Crippen LogP contribution in [-0.2, 0) is 20.8 Å². The smallest absolute Gasteiger partial charge is 0.251 e. The first-order valence-electron chi connectivity index (χ1n) is 6.26. The third-order valence-corrected chi connectivity index (χ3v) is 3.99. The fourth-order valence-electron chi connectivity index (χ4n) is 2.07. The van der Waals surface area contributed by atoms with E-state index >= 15 is 0 Å². The van der Waals surface area contributed by atoms with Gasteiger partial charge in [-0.25, -0.2) is 0 Å². The summed E-state index contributed by atoms with van der Waals surface area (Å²) in [5.41, 5.74) is 1.09. The number of benzene rings is 1. The number of hydrogen-bond acceptors (Lipinski definition) is 4. The topological polar surface area (TPSA) is 47.6 Å². The second-order valence-electron chi connectivity index (χ2n) is 4.44. The quantitative estimate of drug-likeness (QED) is 0.932. The molecule has 4 nitrogen and oxygen atoms in total. The highest BCUT2D eigenvalue weighted by molar-refractivity contribution is 7.17. The molecule has 1 aromatic carbocycles. The van der Waals surface area contributed by atoms with E-state index in [4.69, 9.17) is 9.47 Å². The predicted molar refractivity (Wildman–Crippen MR) is 74.2 cm³/mol. The average molecular weight is 277 g/mol. The zero-order valence-electron chi connectivity index (χ0n) is 10.4. The summed E-state index contributed by atoms with van der Waals surface area (Å²) in [6.07, 6.45) is -0.473. The van der Waals surface area contributed by atoms with Crippen LogP contribution in [0.2, 0.25) is 0 Å². The van der Waals surface area contributed by atoms with Crippen molar-refractivity contribution in [1.29, 1.82) is 0 Å². The van der Waals surface area contributed by atoms with Gasteiger partial charge in [0.05, 0.1) is 19.8 Å². The van der Waals surface area contributed by atoms with E-state index in [1.165, 1.54) is 10.1 Å². The van der Waals surface area contributed by atoms with Gasteiger partial charge in [-0.05, 0) is 34.5 Å². The summed E-state index contributed by atoms with van der Waals surface area (Å²) in [5, 5.41) is 6.17. The van der Waals surface area contributed by atoms with Gasteiger partial charge in [-0.3, -0.25) is 4.79 Å². The van der Waals surface area contributed by atoms with Crippen LogP contribution in [0.5, 0.6) is 0 Å². The molecule has 2 aromatic rings. The van der Waals surface area contributed by atoms with Gasteiger partial charge in [0, 0.05) is 11.2 Å². The van der Waals surface area contributed by atoms with Gasteiger partial charge >= 0.3 is 0 Å². The molecular formula is C14H15NO3S. The van der Waals surface area contributed by atoms with E-state index < -0.39 is 6.10 Å². The molecule has 1 fully saturated rings. The molecule has 0 bridgehead atoms. The van der Waals surface area contributed by atoms with E-state index in [-0.39, 0.29) is 5.91 Å². The van der Waals surface area contributed by atoms with Gasteiger partial charge in [0.1, 0.15) is 0 Å². The molecule has 0 saturated carbocycles. The van der Waals surface area contributed by atoms with Gasteiger partial charge in [0.2, 0.25) is 0 Å². The van der Waals surface area contributed by atoms with Crippen LogP contribution in [0.15, 0.2) is 29.6 Å². The molecule has 1 aliphatic heterocycles. The fourth-order valence-corrected chi connectivity index (χ4v) is 2.84. The standard InChI is InChI=1S/C14H15NO3S/c16-14(12-9-17-4-5-18-12)15-8-10-1-2-13-11(7-10)3-6-19-13/h1-3,6-7,12H,4-5,8-9H2,(H,15,16)/t12-/m0/s1. The monoisotopic (exact) mass is 277 g/mol. The van der Waals surface area contributed by atoms with Crippen LogP contribution in [0.1, 0.15) is 5.56 Å². The lowest BCUT2D eigenvalue weighted by Crippen LogP contribution is -2.42. The Balaban J connectivity index is 1.60. The Morgan fingerprint density at radius 2 is 2.32 bits per heavy atom. The van der Waals surface area contributed by atoms with Crippen LogP contribution in [-0.4, -0.2) is 31.8 Å². The highest BCUT2D eigenvalue weighted by atomic mass is 32.1. The molecule has 3 rings (SSSR count). The number of amides is 1. The van der Waals surface area contributed by atoms with E-state index in [9.17, 15) is 4.79 Å². The molecule has 100 valence electrons. The largest absolute Gasteiger partial charge is 0.376 e. The van der Waals surface area contributed by atoms with Crippen LogP contribution < -0.4 is 5.32 Å². The Morgan fingerprint density at radius 1 is 1.37 bits per heavy atom. The predicted octanol–water partition coefficient (Wildman–Crippen LogP) is 1.93. The molecule has 0 aliphatic carbocycles. The van der Waals surface area contributed by atoms with Crippen molar-refractivity contribution in [3.8, 4) is 0 Å². The van der Waals surface area contributed by atoms with E-state index in [1.807, 2.05) is 6.07 Å². The number of rotatable bonds is 3. The summed E-state index contributed by atoms with van der Waals surface area (Å²) >= 11 is 1.72. The molecule has 19 heavy (non-hydrogen) atoms. The average Bonchev–Trinajstić information content (AvgIpc) is 2.93. The van der Waals surface area contributed by atoms with Crippen LogP contribution in [0, 0.1) is 0 Å². The van der Waals surface area contributed by atoms with Crippen molar-refractivity contribution in [2.45, 2.75) is 12.6 Å². The summed E-state index contributed by atoms with van der Waals surface area (Å²) in [6.45, 7) is 1.91. The van der Waals surface area contributed by atoms with E-state index in [0.717, 1.165) is 5.56 Å².